The highest BCUT2D eigenvalue weighted by Crippen LogP contribution is 2.49. The average Bonchev–Trinajstić information content (AvgIpc) is 2.59. The van der Waals surface area contributed by atoms with Crippen molar-refractivity contribution in [1.29, 1.82) is 0 Å². The third kappa shape index (κ3) is 1.76. The van der Waals surface area contributed by atoms with Gasteiger partial charge in [-0.05, 0) is 39.8 Å². The van der Waals surface area contributed by atoms with E-state index in [2.05, 4.69) is 32.8 Å². The van der Waals surface area contributed by atoms with Crippen LogP contribution in [-0.4, -0.2) is 24.5 Å². The maximum atomic E-state index is 2.38. The van der Waals surface area contributed by atoms with E-state index in [1.807, 2.05) is 0 Å². The standard InChI is InChI=1S/C10H21N/c1-5-6-7-9-8-10(9,2)11(3)4/h9H,5-8H2,1-4H3. The second-order valence-electron chi connectivity index (χ2n) is 4.29. The van der Waals surface area contributed by atoms with E-state index in [0.29, 0.717) is 5.54 Å². The van der Waals surface area contributed by atoms with E-state index >= 15 is 0 Å². The Balaban J connectivity index is 2.23. The Morgan fingerprint density at radius 2 is 2.09 bits per heavy atom. The second kappa shape index (κ2) is 3.14. The SMILES string of the molecule is CCCCC1CC1(C)N(C)C. The van der Waals surface area contributed by atoms with Gasteiger partial charge in [-0.1, -0.05) is 19.8 Å². The molecule has 0 spiro atoms. The fourth-order valence-electron chi connectivity index (χ4n) is 1.85. The minimum absolute atomic E-state index is 0.551. The summed E-state index contributed by atoms with van der Waals surface area (Å²) in [5.74, 6) is 0.984. The zero-order valence-electron chi connectivity index (χ0n) is 8.35. The molecule has 0 saturated heterocycles. The zero-order valence-corrected chi connectivity index (χ0v) is 8.35. The summed E-state index contributed by atoms with van der Waals surface area (Å²) in [7, 11) is 4.40. The Labute approximate surface area is 70.8 Å². The molecule has 1 heteroatoms. The van der Waals surface area contributed by atoms with Gasteiger partial charge in [-0.3, -0.25) is 0 Å². The van der Waals surface area contributed by atoms with Gasteiger partial charge in [0.15, 0.2) is 0 Å². The van der Waals surface area contributed by atoms with Crippen LogP contribution in [0.15, 0.2) is 0 Å². The molecule has 1 nitrogen and oxygen atoms in total. The molecule has 2 unspecified atom stereocenters. The lowest BCUT2D eigenvalue weighted by Crippen LogP contribution is -2.28. The van der Waals surface area contributed by atoms with Crippen molar-refractivity contribution in [3.05, 3.63) is 0 Å². The highest BCUT2D eigenvalue weighted by atomic mass is 15.2. The zero-order chi connectivity index (χ0) is 8.48. The number of unbranched alkanes of at least 4 members (excludes halogenated alkanes) is 1. The van der Waals surface area contributed by atoms with E-state index in [9.17, 15) is 0 Å². The van der Waals surface area contributed by atoms with Gasteiger partial charge in [-0.15, -0.1) is 0 Å². The van der Waals surface area contributed by atoms with E-state index in [1.165, 1.54) is 25.7 Å². The molecule has 0 aromatic heterocycles. The third-order valence-electron chi connectivity index (χ3n) is 3.31. The molecule has 1 aliphatic carbocycles. The predicted octanol–water partition coefficient (Wildman–Crippen LogP) is 2.52. The molecule has 0 bridgehead atoms. The van der Waals surface area contributed by atoms with Gasteiger partial charge >= 0.3 is 0 Å². The molecule has 1 rings (SSSR count). The molecule has 0 aromatic rings. The first-order valence-electron chi connectivity index (χ1n) is 4.78. The van der Waals surface area contributed by atoms with Crippen LogP contribution in [0.5, 0.6) is 0 Å². The van der Waals surface area contributed by atoms with Gasteiger partial charge in [-0.25, -0.2) is 0 Å². The largest absolute Gasteiger partial charge is 0.304 e. The van der Waals surface area contributed by atoms with Gasteiger partial charge in [-0.2, -0.15) is 0 Å². The minimum atomic E-state index is 0.551. The molecule has 1 fully saturated rings. The molecule has 66 valence electrons. The Hall–Kier alpha value is -0.0400. The summed E-state index contributed by atoms with van der Waals surface area (Å²) >= 11 is 0. The maximum Gasteiger partial charge on any atom is 0.0207 e. The molecule has 0 amide bonds. The van der Waals surface area contributed by atoms with Crippen LogP contribution in [-0.2, 0) is 0 Å². The average molecular weight is 155 g/mol. The van der Waals surface area contributed by atoms with Crippen LogP contribution in [0.4, 0.5) is 0 Å². The number of rotatable bonds is 4. The number of hydrogen-bond acceptors (Lipinski definition) is 1. The van der Waals surface area contributed by atoms with Crippen molar-refractivity contribution in [2.45, 2.75) is 45.1 Å². The molecule has 0 N–H and O–H groups in total. The fraction of sp³-hybridized carbons (Fsp3) is 1.00. The van der Waals surface area contributed by atoms with E-state index in [-0.39, 0.29) is 0 Å². The van der Waals surface area contributed by atoms with E-state index < -0.39 is 0 Å². The number of nitrogens with zero attached hydrogens (tertiary/aromatic N) is 1. The van der Waals surface area contributed by atoms with Crippen molar-refractivity contribution in [3.63, 3.8) is 0 Å². The highest BCUT2D eigenvalue weighted by Gasteiger charge is 2.50. The summed E-state index contributed by atoms with van der Waals surface area (Å²) in [6.45, 7) is 4.66. The monoisotopic (exact) mass is 155 g/mol. The third-order valence-corrected chi connectivity index (χ3v) is 3.31. The van der Waals surface area contributed by atoms with Crippen LogP contribution in [0, 0.1) is 5.92 Å². The van der Waals surface area contributed by atoms with Crippen LogP contribution >= 0.6 is 0 Å². The quantitative estimate of drug-likeness (QED) is 0.603. The van der Waals surface area contributed by atoms with Crippen molar-refractivity contribution in [2.75, 3.05) is 14.1 Å². The second-order valence-corrected chi connectivity index (χ2v) is 4.29. The molecule has 0 heterocycles. The summed E-state index contributed by atoms with van der Waals surface area (Å²) < 4.78 is 0. The molecule has 1 aliphatic rings. The first-order valence-corrected chi connectivity index (χ1v) is 4.78. The van der Waals surface area contributed by atoms with Gasteiger partial charge in [0.05, 0.1) is 0 Å². The summed E-state index contributed by atoms with van der Waals surface area (Å²) in [5, 5.41) is 0. The molecule has 0 aromatic carbocycles. The van der Waals surface area contributed by atoms with Crippen LogP contribution in [0.3, 0.4) is 0 Å². The Morgan fingerprint density at radius 3 is 2.45 bits per heavy atom. The van der Waals surface area contributed by atoms with Crippen molar-refractivity contribution in [2.24, 2.45) is 5.92 Å². The number of hydrogen-bond donors (Lipinski definition) is 0. The minimum Gasteiger partial charge on any atom is -0.304 e. The van der Waals surface area contributed by atoms with Crippen molar-refractivity contribution < 1.29 is 0 Å². The fourth-order valence-corrected chi connectivity index (χ4v) is 1.85. The van der Waals surface area contributed by atoms with Gasteiger partial charge in [0, 0.05) is 5.54 Å². The van der Waals surface area contributed by atoms with Crippen LogP contribution in [0.2, 0.25) is 0 Å². The van der Waals surface area contributed by atoms with Crippen LogP contribution < -0.4 is 0 Å². The first-order chi connectivity index (χ1) is 5.11. The first kappa shape index (κ1) is 9.05. The molecule has 2 atom stereocenters. The van der Waals surface area contributed by atoms with E-state index in [1.54, 1.807) is 0 Å². The van der Waals surface area contributed by atoms with Crippen molar-refractivity contribution in [3.8, 4) is 0 Å². The Bertz CT molecular complexity index is 131. The smallest absolute Gasteiger partial charge is 0.0207 e. The van der Waals surface area contributed by atoms with Crippen LogP contribution in [0.1, 0.15) is 39.5 Å². The highest BCUT2D eigenvalue weighted by molar-refractivity contribution is 5.06. The summed E-state index contributed by atoms with van der Waals surface area (Å²) in [5.41, 5.74) is 0.551. The topological polar surface area (TPSA) is 3.24 Å². The lowest BCUT2D eigenvalue weighted by molar-refractivity contribution is 0.266. The Morgan fingerprint density at radius 1 is 1.45 bits per heavy atom. The lowest BCUT2D eigenvalue weighted by Gasteiger charge is -2.20. The van der Waals surface area contributed by atoms with Gasteiger partial charge in [0.2, 0.25) is 0 Å². The van der Waals surface area contributed by atoms with Crippen molar-refractivity contribution in [1.82, 2.24) is 4.90 Å². The summed E-state index contributed by atoms with van der Waals surface area (Å²) in [6.07, 6.45) is 5.61. The molecule has 1 saturated carbocycles. The Kier molecular flexibility index (Phi) is 2.58. The van der Waals surface area contributed by atoms with E-state index in [0.717, 1.165) is 5.92 Å². The predicted molar refractivity (Wildman–Crippen MR) is 49.7 cm³/mol. The normalized spacial score (nSPS) is 36.3. The molecular weight excluding hydrogens is 134 g/mol. The van der Waals surface area contributed by atoms with Gasteiger partial charge in [0.25, 0.3) is 0 Å². The lowest BCUT2D eigenvalue weighted by atomic mass is 10.1. The molecule has 0 aliphatic heterocycles. The summed E-state index contributed by atoms with van der Waals surface area (Å²) in [4.78, 5) is 2.38. The van der Waals surface area contributed by atoms with E-state index in [4.69, 9.17) is 0 Å². The van der Waals surface area contributed by atoms with Crippen LogP contribution in [0.25, 0.3) is 0 Å². The van der Waals surface area contributed by atoms with Gasteiger partial charge < -0.3 is 4.90 Å². The summed E-state index contributed by atoms with van der Waals surface area (Å²) in [6, 6.07) is 0. The van der Waals surface area contributed by atoms with Gasteiger partial charge in [0.1, 0.15) is 0 Å². The maximum absolute atomic E-state index is 2.38. The molecule has 0 radical (unpaired) electrons. The van der Waals surface area contributed by atoms with Crippen molar-refractivity contribution >= 4 is 0 Å². The molecular formula is C10H21N. The molecule has 11 heavy (non-hydrogen) atoms.